The smallest absolute Gasteiger partial charge is 0.304 e. The van der Waals surface area contributed by atoms with E-state index in [1.165, 1.54) is 7.05 Å². The number of hydrogen-bond donors (Lipinski definition) is 1. The minimum absolute atomic E-state index is 0.0564. The molecule has 0 aromatic carbocycles. The Morgan fingerprint density at radius 1 is 1.56 bits per heavy atom. The van der Waals surface area contributed by atoms with Crippen molar-refractivity contribution in [1.82, 2.24) is 4.31 Å². The molecule has 7 heteroatoms. The first-order valence-corrected chi connectivity index (χ1v) is 6.49. The van der Waals surface area contributed by atoms with Gasteiger partial charge in [-0.25, -0.2) is 12.7 Å². The Balaban J connectivity index is 2.57. The van der Waals surface area contributed by atoms with Crippen LogP contribution in [0.25, 0.3) is 0 Å². The molecule has 1 rings (SSSR count). The van der Waals surface area contributed by atoms with Gasteiger partial charge in [-0.05, 0) is 12.8 Å². The predicted octanol–water partition coefficient (Wildman–Crippen LogP) is 0.0265. The van der Waals surface area contributed by atoms with Crippen LogP contribution in [-0.4, -0.2) is 43.1 Å². The van der Waals surface area contributed by atoms with Gasteiger partial charge in [0, 0.05) is 13.6 Å². The molecule has 0 amide bonds. The molecule has 0 unspecified atom stereocenters. The first kappa shape index (κ1) is 12.9. The second-order valence-electron chi connectivity index (χ2n) is 4.11. The van der Waals surface area contributed by atoms with E-state index in [1.807, 2.05) is 6.07 Å². The Morgan fingerprint density at radius 3 is 2.50 bits per heavy atom. The van der Waals surface area contributed by atoms with Crippen LogP contribution < -0.4 is 0 Å². The van der Waals surface area contributed by atoms with Gasteiger partial charge in [-0.1, -0.05) is 0 Å². The van der Waals surface area contributed by atoms with E-state index in [4.69, 9.17) is 10.4 Å². The topological polar surface area (TPSA) is 98.5 Å². The number of sulfonamides is 1. The Hall–Kier alpha value is -1.13. The SMILES string of the molecule is CN(CCC(=O)O)S(=O)(=O)CC1(C#N)CC1. The maximum atomic E-state index is 11.7. The molecule has 0 atom stereocenters. The molecule has 16 heavy (non-hydrogen) atoms. The van der Waals surface area contributed by atoms with Gasteiger partial charge in [-0.2, -0.15) is 5.26 Å². The highest BCUT2D eigenvalue weighted by atomic mass is 32.2. The van der Waals surface area contributed by atoms with Gasteiger partial charge in [0.05, 0.1) is 23.7 Å². The first-order chi connectivity index (χ1) is 7.31. The first-order valence-electron chi connectivity index (χ1n) is 4.88. The minimum atomic E-state index is -3.52. The van der Waals surface area contributed by atoms with E-state index in [2.05, 4.69) is 0 Å². The maximum Gasteiger partial charge on any atom is 0.304 e. The molecular formula is C9H14N2O4S. The molecule has 1 aliphatic rings. The zero-order valence-electron chi connectivity index (χ0n) is 9.01. The van der Waals surface area contributed by atoms with Gasteiger partial charge in [0.15, 0.2) is 0 Å². The van der Waals surface area contributed by atoms with Crippen molar-refractivity contribution in [3.8, 4) is 6.07 Å². The molecule has 1 N–H and O–H groups in total. The molecule has 1 saturated carbocycles. The third-order valence-corrected chi connectivity index (χ3v) is 4.71. The summed E-state index contributed by atoms with van der Waals surface area (Å²) in [5, 5.41) is 17.2. The number of nitriles is 1. The molecular weight excluding hydrogens is 232 g/mol. The molecule has 0 aromatic rings. The number of carbonyl (C=O) groups is 1. The van der Waals surface area contributed by atoms with E-state index in [9.17, 15) is 13.2 Å². The van der Waals surface area contributed by atoms with Crippen LogP contribution in [0.4, 0.5) is 0 Å². The van der Waals surface area contributed by atoms with Gasteiger partial charge in [0.25, 0.3) is 0 Å². The Labute approximate surface area is 94.5 Å². The van der Waals surface area contributed by atoms with Crippen molar-refractivity contribution in [3.63, 3.8) is 0 Å². The fourth-order valence-corrected chi connectivity index (χ4v) is 2.93. The molecule has 0 saturated heterocycles. The quantitative estimate of drug-likeness (QED) is 0.712. The Morgan fingerprint density at radius 2 is 2.12 bits per heavy atom. The van der Waals surface area contributed by atoms with Crippen molar-refractivity contribution in [3.05, 3.63) is 0 Å². The summed E-state index contributed by atoms with van der Waals surface area (Å²) in [6.07, 6.45) is 0.986. The van der Waals surface area contributed by atoms with E-state index < -0.39 is 21.4 Å². The van der Waals surface area contributed by atoms with Crippen LogP contribution in [0.1, 0.15) is 19.3 Å². The van der Waals surface area contributed by atoms with E-state index in [0.29, 0.717) is 12.8 Å². The zero-order valence-corrected chi connectivity index (χ0v) is 9.83. The summed E-state index contributed by atoms with van der Waals surface area (Å²) in [6.45, 7) is -0.0564. The van der Waals surface area contributed by atoms with Gasteiger partial charge >= 0.3 is 5.97 Å². The van der Waals surface area contributed by atoms with Crippen LogP contribution in [-0.2, 0) is 14.8 Å². The van der Waals surface area contributed by atoms with E-state index in [0.717, 1.165) is 4.31 Å². The number of aliphatic carboxylic acids is 1. The van der Waals surface area contributed by atoms with Gasteiger partial charge in [0.1, 0.15) is 0 Å². The molecule has 6 nitrogen and oxygen atoms in total. The summed E-state index contributed by atoms with van der Waals surface area (Å²) in [6, 6.07) is 2.01. The summed E-state index contributed by atoms with van der Waals surface area (Å²) < 4.78 is 24.5. The van der Waals surface area contributed by atoms with Crippen LogP contribution in [0, 0.1) is 16.7 Å². The largest absolute Gasteiger partial charge is 0.481 e. The number of carboxylic acid groups (broad SMARTS) is 1. The van der Waals surface area contributed by atoms with Crippen molar-refractivity contribution in [2.75, 3.05) is 19.3 Å². The molecule has 0 aliphatic heterocycles. The standard InChI is InChI=1S/C9H14N2O4S/c1-11(5-2-8(12)13)16(14,15)7-9(6-10)3-4-9/h2-5,7H2,1H3,(H,12,13). The number of nitrogens with zero attached hydrogens (tertiary/aromatic N) is 2. The summed E-state index contributed by atoms with van der Waals surface area (Å²) >= 11 is 0. The Bertz CT molecular complexity index is 419. The molecule has 0 spiro atoms. The molecule has 0 heterocycles. The highest BCUT2D eigenvalue weighted by Gasteiger charge is 2.47. The highest BCUT2D eigenvalue weighted by molar-refractivity contribution is 7.89. The van der Waals surface area contributed by atoms with Crippen LogP contribution >= 0.6 is 0 Å². The third kappa shape index (κ3) is 3.18. The van der Waals surface area contributed by atoms with Crippen molar-refractivity contribution in [1.29, 1.82) is 5.26 Å². The van der Waals surface area contributed by atoms with E-state index in [1.54, 1.807) is 0 Å². The molecule has 0 bridgehead atoms. The normalized spacial score (nSPS) is 18.1. The van der Waals surface area contributed by atoms with Gasteiger partial charge in [-0.15, -0.1) is 0 Å². The molecule has 90 valence electrons. The van der Waals surface area contributed by atoms with Gasteiger partial charge in [0.2, 0.25) is 10.0 Å². The second kappa shape index (κ2) is 4.39. The van der Waals surface area contributed by atoms with Crippen molar-refractivity contribution < 1.29 is 18.3 Å². The molecule has 1 aliphatic carbocycles. The highest BCUT2D eigenvalue weighted by Crippen LogP contribution is 2.46. The van der Waals surface area contributed by atoms with Crippen molar-refractivity contribution in [2.45, 2.75) is 19.3 Å². The fraction of sp³-hybridized carbons (Fsp3) is 0.778. The Kier molecular flexibility index (Phi) is 3.55. The van der Waals surface area contributed by atoms with Gasteiger partial charge < -0.3 is 5.11 Å². The monoisotopic (exact) mass is 246 g/mol. The number of rotatable bonds is 6. The average Bonchev–Trinajstić information content (AvgIpc) is 2.94. The van der Waals surface area contributed by atoms with Crippen LogP contribution in [0.5, 0.6) is 0 Å². The number of carboxylic acids is 1. The van der Waals surface area contributed by atoms with E-state index >= 15 is 0 Å². The van der Waals surface area contributed by atoms with Gasteiger partial charge in [-0.3, -0.25) is 4.79 Å². The maximum absolute atomic E-state index is 11.7. The van der Waals surface area contributed by atoms with E-state index in [-0.39, 0.29) is 18.7 Å². The zero-order chi connectivity index (χ0) is 12.4. The van der Waals surface area contributed by atoms with Crippen LogP contribution in [0.2, 0.25) is 0 Å². The van der Waals surface area contributed by atoms with Crippen LogP contribution in [0.3, 0.4) is 0 Å². The van der Waals surface area contributed by atoms with Crippen molar-refractivity contribution >= 4 is 16.0 Å². The molecule has 0 aromatic heterocycles. The lowest BCUT2D eigenvalue weighted by atomic mass is 10.2. The number of hydrogen-bond acceptors (Lipinski definition) is 4. The lowest BCUT2D eigenvalue weighted by Gasteiger charge is -2.17. The lowest BCUT2D eigenvalue weighted by molar-refractivity contribution is -0.137. The summed E-state index contributed by atoms with van der Waals surface area (Å²) in [5.74, 6) is -1.24. The average molecular weight is 246 g/mol. The second-order valence-corrected chi connectivity index (χ2v) is 6.19. The third-order valence-electron chi connectivity index (χ3n) is 2.66. The molecule has 1 fully saturated rings. The summed E-state index contributed by atoms with van der Waals surface area (Å²) in [4.78, 5) is 10.3. The van der Waals surface area contributed by atoms with Crippen LogP contribution in [0.15, 0.2) is 0 Å². The fourth-order valence-electron chi connectivity index (χ4n) is 1.29. The minimum Gasteiger partial charge on any atom is -0.481 e. The molecule has 0 radical (unpaired) electrons. The predicted molar refractivity (Wildman–Crippen MR) is 55.9 cm³/mol. The summed E-state index contributed by atoms with van der Waals surface area (Å²) in [5.41, 5.74) is -0.726. The lowest BCUT2D eigenvalue weighted by Crippen LogP contribution is -2.34. The summed E-state index contributed by atoms with van der Waals surface area (Å²) in [7, 11) is -2.18. The van der Waals surface area contributed by atoms with Crippen molar-refractivity contribution in [2.24, 2.45) is 5.41 Å².